The summed E-state index contributed by atoms with van der Waals surface area (Å²) < 4.78 is 29.2. The molecule has 2 rings (SSSR count). The van der Waals surface area contributed by atoms with E-state index in [1.807, 2.05) is 13.1 Å². The predicted octanol–water partition coefficient (Wildman–Crippen LogP) is 2.22. The Bertz CT molecular complexity index is 639. The second-order valence-corrected chi connectivity index (χ2v) is 4.80. The molecule has 0 amide bonds. The lowest BCUT2D eigenvalue weighted by atomic mass is 10.2. The lowest BCUT2D eigenvalue weighted by Crippen LogP contribution is -2.15. The molecule has 0 fully saturated rings. The zero-order valence-electron chi connectivity index (χ0n) is 10.9. The maximum Gasteiger partial charge on any atom is 0.182 e. The van der Waals surface area contributed by atoms with Gasteiger partial charge in [0.15, 0.2) is 11.6 Å². The van der Waals surface area contributed by atoms with Crippen molar-refractivity contribution in [2.75, 3.05) is 11.9 Å². The number of anilines is 1. The van der Waals surface area contributed by atoms with Crippen LogP contribution in [0.15, 0.2) is 24.5 Å². The number of aryl methyl sites for hydroxylation is 1. The topological polar surface area (TPSA) is 55.9 Å². The molecule has 0 saturated heterocycles. The highest BCUT2D eigenvalue weighted by molar-refractivity contribution is 7.80. The Balaban J connectivity index is 2.03. The van der Waals surface area contributed by atoms with E-state index in [1.54, 1.807) is 10.9 Å². The Morgan fingerprint density at radius 1 is 1.40 bits per heavy atom. The van der Waals surface area contributed by atoms with Crippen molar-refractivity contribution in [3.8, 4) is 0 Å². The molecule has 3 N–H and O–H groups in total. The Labute approximate surface area is 120 Å². The van der Waals surface area contributed by atoms with Crippen molar-refractivity contribution in [3.05, 3.63) is 47.3 Å². The number of aromatic nitrogens is 2. The van der Waals surface area contributed by atoms with Crippen LogP contribution in [0.3, 0.4) is 0 Å². The molecule has 0 radical (unpaired) electrons. The minimum absolute atomic E-state index is 0.0754. The van der Waals surface area contributed by atoms with E-state index in [4.69, 9.17) is 5.73 Å². The van der Waals surface area contributed by atoms with Gasteiger partial charge in [-0.1, -0.05) is 12.2 Å². The SMILES string of the molecule is Cc1cnn(CCNc2ccc(C(N)=S)c(F)c2F)c1. The predicted molar refractivity (Wildman–Crippen MR) is 77.7 cm³/mol. The fourth-order valence-corrected chi connectivity index (χ4v) is 1.93. The van der Waals surface area contributed by atoms with Gasteiger partial charge in [-0.25, -0.2) is 8.78 Å². The molecule has 0 unspecified atom stereocenters. The number of hydrogen-bond donors (Lipinski definition) is 2. The maximum atomic E-state index is 13.8. The molecule has 2 aromatic rings. The number of benzene rings is 1. The number of thiocarbonyl (C=S) groups is 1. The molecule has 1 aromatic heterocycles. The minimum atomic E-state index is -1.03. The number of nitrogens with one attached hydrogen (secondary N) is 1. The maximum absolute atomic E-state index is 13.8. The van der Waals surface area contributed by atoms with Gasteiger partial charge >= 0.3 is 0 Å². The first-order chi connectivity index (χ1) is 9.49. The summed E-state index contributed by atoms with van der Waals surface area (Å²) in [6, 6.07) is 2.78. The minimum Gasteiger partial charge on any atom is -0.389 e. The third-order valence-corrected chi connectivity index (χ3v) is 2.99. The van der Waals surface area contributed by atoms with Crippen LogP contribution in [-0.2, 0) is 6.54 Å². The number of hydrogen-bond acceptors (Lipinski definition) is 3. The van der Waals surface area contributed by atoms with Gasteiger partial charge in [-0.05, 0) is 24.6 Å². The normalized spacial score (nSPS) is 10.6. The number of nitrogens with two attached hydrogens (primary N) is 1. The van der Waals surface area contributed by atoms with E-state index in [9.17, 15) is 8.78 Å². The average Bonchev–Trinajstić information content (AvgIpc) is 2.80. The largest absolute Gasteiger partial charge is 0.389 e. The lowest BCUT2D eigenvalue weighted by Gasteiger charge is -2.10. The van der Waals surface area contributed by atoms with Crippen LogP contribution in [-0.4, -0.2) is 21.3 Å². The molecule has 0 bridgehead atoms. The second kappa shape index (κ2) is 5.96. The van der Waals surface area contributed by atoms with Gasteiger partial charge < -0.3 is 11.1 Å². The number of nitrogens with zero attached hydrogens (tertiary/aromatic N) is 2. The fraction of sp³-hybridized carbons (Fsp3) is 0.231. The number of halogens is 2. The highest BCUT2D eigenvalue weighted by atomic mass is 32.1. The molecule has 1 heterocycles. The van der Waals surface area contributed by atoms with Gasteiger partial charge in [-0.3, -0.25) is 4.68 Å². The van der Waals surface area contributed by atoms with Crippen LogP contribution in [0.2, 0.25) is 0 Å². The van der Waals surface area contributed by atoms with Crippen LogP contribution in [0.25, 0.3) is 0 Å². The standard InChI is InChI=1S/C13H14F2N4S/c1-8-6-18-19(7-8)5-4-17-10-3-2-9(13(16)20)11(14)12(10)15/h2-3,6-7,17H,4-5H2,1H3,(H2,16,20). The van der Waals surface area contributed by atoms with Crippen LogP contribution >= 0.6 is 12.2 Å². The Morgan fingerprint density at radius 2 is 2.15 bits per heavy atom. The Hall–Kier alpha value is -2.02. The first kappa shape index (κ1) is 14.4. The molecular formula is C13H14F2N4S. The van der Waals surface area contributed by atoms with Crippen molar-refractivity contribution >= 4 is 22.9 Å². The third-order valence-electron chi connectivity index (χ3n) is 2.77. The zero-order chi connectivity index (χ0) is 14.7. The van der Waals surface area contributed by atoms with Gasteiger partial charge in [0.05, 0.1) is 18.4 Å². The van der Waals surface area contributed by atoms with Crippen LogP contribution in [0.5, 0.6) is 0 Å². The van der Waals surface area contributed by atoms with Gasteiger partial charge in [0.25, 0.3) is 0 Å². The molecule has 0 spiro atoms. The number of rotatable bonds is 5. The molecule has 0 atom stereocenters. The van der Waals surface area contributed by atoms with Crippen LogP contribution < -0.4 is 11.1 Å². The highest BCUT2D eigenvalue weighted by Gasteiger charge is 2.14. The van der Waals surface area contributed by atoms with Crippen LogP contribution in [0, 0.1) is 18.6 Å². The molecule has 106 valence electrons. The van der Waals surface area contributed by atoms with Gasteiger partial charge in [0.1, 0.15) is 4.99 Å². The average molecular weight is 296 g/mol. The van der Waals surface area contributed by atoms with Gasteiger partial charge in [-0.2, -0.15) is 5.10 Å². The molecule has 4 nitrogen and oxygen atoms in total. The monoisotopic (exact) mass is 296 g/mol. The van der Waals surface area contributed by atoms with Crippen molar-refractivity contribution < 1.29 is 8.78 Å². The summed E-state index contributed by atoms with van der Waals surface area (Å²) >= 11 is 4.65. The van der Waals surface area contributed by atoms with E-state index in [-0.39, 0.29) is 16.2 Å². The quantitative estimate of drug-likeness (QED) is 0.831. The molecule has 0 aliphatic carbocycles. The fourth-order valence-electron chi connectivity index (χ4n) is 1.77. The summed E-state index contributed by atoms with van der Waals surface area (Å²) in [7, 11) is 0. The van der Waals surface area contributed by atoms with Crippen LogP contribution in [0.1, 0.15) is 11.1 Å². The van der Waals surface area contributed by atoms with Crippen molar-refractivity contribution in [2.24, 2.45) is 5.73 Å². The smallest absolute Gasteiger partial charge is 0.182 e. The molecule has 0 saturated carbocycles. The van der Waals surface area contributed by atoms with Gasteiger partial charge in [0, 0.05) is 18.3 Å². The van der Waals surface area contributed by atoms with E-state index in [2.05, 4.69) is 22.6 Å². The molecule has 0 aliphatic heterocycles. The summed E-state index contributed by atoms with van der Waals surface area (Å²) in [6.07, 6.45) is 3.60. The van der Waals surface area contributed by atoms with Crippen molar-refractivity contribution in [1.82, 2.24) is 9.78 Å². The van der Waals surface area contributed by atoms with E-state index < -0.39 is 11.6 Å². The van der Waals surface area contributed by atoms with Gasteiger partial charge in [0.2, 0.25) is 0 Å². The van der Waals surface area contributed by atoms with Crippen LogP contribution in [0.4, 0.5) is 14.5 Å². The zero-order valence-corrected chi connectivity index (χ0v) is 11.7. The summed E-state index contributed by atoms with van der Waals surface area (Å²) in [5, 5.41) is 6.92. The van der Waals surface area contributed by atoms with Crippen molar-refractivity contribution in [2.45, 2.75) is 13.5 Å². The summed E-state index contributed by atoms with van der Waals surface area (Å²) in [5.74, 6) is -2.01. The first-order valence-corrected chi connectivity index (χ1v) is 6.40. The highest BCUT2D eigenvalue weighted by Crippen LogP contribution is 2.20. The molecular weight excluding hydrogens is 282 g/mol. The molecule has 20 heavy (non-hydrogen) atoms. The Kier molecular flexibility index (Phi) is 4.29. The summed E-state index contributed by atoms with van der Waals surface area (Å²) in [6.45, 7) is 2.90. The van der Waals surface area contributed by atoms with Crippen molar-refractivity contribution in [1.29, 1.82) is 0 Å². The summed E-state index contributed by atoms with van der Waals surface area (Å²) in [4.78, 5) is -0.167. The van der Waals surface area contributed by atoms with E-state index in [1.165, 1.54) is 12.1 Å². The van der Waals surface area contributed by atoms with E-state index in [0.29, 0.717) is 13.1 Å². The van der Waals surface area contributed by atoms with E-state index >= 15 is 0 Å². The summed E-state index contributed by atoms with van der Waals surface area (Å²) in [5.41, 5.74) is 6.33. The Morgan fingerprint density at radius 3 is 2.75 bits per heavy atom. The second-order valence-electron chi connectivity index (χ2n) is 4.36. The molecule has 0 aliphatic rings. The third kappa shape index (κ3) is 3.11. The van der Waals surface area contributed by atoms with Gasteiger partial charge in [-0.15, -0.1) is 0 Å². The van der Waals surface area contributed by atoms with Crippen molar-refractivity contribution in [3.63, 3.8) is 0 Å². The molecule has 1 aromatic carbocycles. The molecule has 7 heteroatoms. The lowest BCUT2D eigenvalue weighted by molar-refractivity contribution is 0.509. The first-order valence-electron chi connectivity index (χ1n) is 5.99. The van der Waals surface area contributed by atoms with E-state index in [0.717, 1.165) is 5.56 Å².